The highest BCUT2D eigenvalue weighted by molar-refractivity contribution is 7.98. The highest BCUT2D eigenvalue weighted by atomic mass is 32.2. The van der Waals surface area contributed by atoms with E-state index in [9.17, 15) is 0 Å². The van der Waals surface area contributed by atoms with E-state index in [1.165, 1.54) is 33.7 Å². The molecular formula is C16H16N2S2. The van der Waals surface area contributed by atoms with Crippen molar-refractivity contribution in [1.29, 1.82) is 0 Å². The predicted molar refractivity (Wildman–Crippen MR) is 88.7 cm³/mol. The molecule has 102 valence electrons. The van der Waals surface area contributed by atoms with Gasteiger partial charge in [-0.1, -0.05) is 0 Å². The number of nitrogens with zero attached hydrogens (tertiary/aromatic N) is 1. The molecule has 0 atom stereocenters. The van der Waals surface area contributed by atoms with E-state index in [-0.39, 0.29) is 0 Å². The van der Waals surface area contributed by atoms with Crippen LogP contribution in [0.2, 0.25) is 0 Å². The SMILES string of the molecule is Cc1cc2nc(-c3cc4c(s3)CCSC4)[nH]c2cc1C. The summed E-state index contributed by atoms with van der Waals surface area (Å²) < 4.78 is 0. The van der Waals surface area contributed by atoms with Crippen LogP contribution in [0.25, 0.3) is 21.7 Å². The van der Waals surface area contributed by atoms with Gasteiger partial charge in [0.05, 0.1) is 15.9 Å². The first kappa shape index (κ1) is 12.5. The van der Waals surface area contributed by atoms with Gasteiger partial charge >= 0.3 is 0 Å². The Morgan fingerprint density at radius 1 is 1.15 bits per heavy atom. The van der Waals surface area contributed by atoms with E-state index < -0.39 is 0 Å². The van der Waals surface area contributed by atoms with Gasteiger partial charge in [-0.2, -0.15) is 11.8 Å². The quantitative estimate of drug-likeness (QED) is 0.706. The number of benzene rings is 1. The van der Waals surface area contributed by atoms with Gasteiger partial charge in [0.2, 0.25) is 0 Å². The zero-order chi connectivity index (χ0) is 13.7. The summed E-state index contributed by atoms with van der Waals surface area (Å²) in [4.78, 5) is 11.1. The van der Waals surface area contributed by atoms with Crippen molar-refractivity contribution < 1.29 is 0 Å². The molecule has 0 radical (unpaired) electrons. The maximum Gasteiger partial charge on any atom is 0.148 e. The molecule has 0 aliphatic carbocycles. The summed E-state index contributed by atoms with van der Waals surface area (Å²) in [5.41, 5.74) is 6.34. The van der Waals surface area contributed by atoms with Gasteiger partial charge in [-0.3, -0.25) is 0 Å². The summed E-state index contributed by atoms with van der Waals surface area (Å²) >= 11 is 3.94. The van der Waals surface area contributed by atoms with Crippen LogP contribution in [0.4, 0.5) is 0 Å². The van der Waals surface area contributed by atoms with Gasteiger partial charge in [0.15, 0.2) is 0 Å². The van der Waals surface area contributed by atoms with Gasteiger partial charge < -0.3 is 4.98 Å². The van der Waals surface area contributed by atoms with Crippen molar-refractivity contribution in [3.8, 4) is 10.7 Å². The molecule has 3 aromatic rings. The average Bonchev–Trinajstić information content (AvgIpc) is 3.02. The van der Waals surface area contributed by atoms with E-state index in [2.05, 4.69) is 37.0 Å². The number of rotatable bonds is 1. The molecule has 1 aliphatic heterocycles. The Hall–Kier alpha value is -1.26. The Morgan fingerprint density at radius 3 is 2.85 bits per heavy atom. The van der Waals surface area contributed by atoms with Crippen LogP contribution in [-0.4, -0.2) is 15.7 Å². The lowest BCUT2D eigenvalue weighted by Crippen LogP contribution is -1.96. The molecule has 2 nitrogen and oxygen atoms in total. The third kappa shape index (κ3) is 1.98. The van der Waals surface area contributed by atoms with E-state index >= 15 is 0 Å². The molecule has 1 aromatic carbocycles. The summed E-state index contributed by atoms with van der Waals surface area (Å²) in [5, 5.41) is 0. The molecule has 0 fully saturated rings. The zero-order valence-electron chi connectivity index (χ0n) is 11.6. The summed E-state index contributed by atoms with van der Waals surface area (Å²) in [6.45, 7) is 4.29. The lowest BCUT2D eigenvalue weighted by atomic mass is 10.1. The molecular weight excluding hydrogens is 284 g/mol. The van der Waals surface area contributed by atoms with Gasteiger partial charge in [-0.25, -0.2) is 4.98 Å². The zero-order valence-corrected chi connectivity index (χ0v) is 13.3. The van der Waals surface area contributed by atoms with Gasteiger partial charge in [0, 0.05) is 10.6 Å². The Morgan fingerprint density at radius 2 is 2.00 bits per heavy atom. The maximum atomic E-state index is 4.78. The molecule has 1 N–H and O–H groups in total. The minimum Gasteiger partial charge on any atom is -0.337 e. The standard InChI is InChI=1S/C16H16N2S2/c1-9-5-12-13(6-10(9)2)18-16(17-12)15-7-11-8-19-4-3-14(11)20-15/h5-7H,3-4,8H2,1-2H3,(H,17,18). The fourth-order valence-electron chi connectivity index (χ4n) is 2.65. The van der Waals surface area contributed by atoms with Crippen molar-refractivity contribution in [2.24, 2.45) is 0 Å². The minimum absolute atomic E-state index is 1.02. The maximum absolute atomic E-state index is 4.78. The Bertz CT molecular complexity index is 736. The van der Waals surface area contributed by atoms with Crippen molar-refractivity contribution in [1.82, 2.24) is 9.97 Å². The first-order valence-corrected chi connectivity index (χ1v) is 8.84. The lowest BCUT2D eigenvalue weighted by Gasteiger charge is -2.08. The highest BCUT2D eigenvalue weighted by Crippen LogP contribution is 2.36. The summed E-state index contributed by atoms with van der Waals surface area (Å²) in [6, 6.07) is 6.70. The fourth-order valence-corrected chi connectivity index (χ4v) is 4.97. The van der Waals surface area contributed by atoms with Crippen LogP contribution >= 0.6 is 23.1 Å². The van der Waals surface area contributed by atoms with Crippen LogP contribution in [0.5, 0.6) is 0 Å². The van der Waals surface area contributed by atoms with E-state index in [4.69, 9.17) is 4.98 Å². The van der Waals surface area contributed by atoms with Crippen molar-refractivity contribution in [2.45, 2.75) is 26.0 Å². The number of hydrogen-bond donors (Lipinski definition) is 1. The number of fused-ring (bicyclic) bond motifs is 2. The van der Waals surface area contributed by atoms with Crippen LogP contribution in [0, 0.1) is 13.8 Å². The topological polar surface area (TPSA) is 28.7 Å². The van der Waals surface area contributed by atoms with Crippen LogP contribution in [0.15, 0.2) is 18.2 Å². The molecule has 0 saturated heterocycles. The number of H-pyrrole nitrogens is 1. The smallest absolute Gasteiger partial charge is 0.148 e. The first-order chi connectivity index (χ1) is 9.70. The number of hydrogen-bond acceptors (Lipinski definition) is 3. The number of aromatic nitrogens is 2. The first-order valence-electron chi connectivity index (χ1n) is 6.87. The molecule has 0 amide bonds. The predicted octanol–water partition coefficient (Wildman–Crippen LogP) is 4.70. The van der Waals surface area contributed by atoms with E-state index in [1.54, 1.807) is 4.88 Å². The number of aryl methyl sites for hydroxylation is 3. The molecule has 4 heteroatoms. The van der Waals surface area contributed by atoms with Crippen molar-refractivity contribution in [2.75, 3.05) is 5.75 Å². The number of aromatic amines is 1. The molecule has 0 unspecified atom stereocenters. The summed E-state index contributed by atoms with van der Waals surface area (Å²) in [6.07, 6.45) is 1.21. The van der Waals surface area contributed by atoms with Crippen LogP contribution < -0.4 is 0 Å². The van der Waals surface area contributed by atoms with Gasteiger partial charge in [-0.15, -0.1) is 11.3 Å². The monoisotopic (exact) mass is 300 g/mol. The normalized spacial score (nSPS) is 14.7. The molecule has 3 heterocycles. The Labute approximate surface area is 126 Å². The molecule has 20 heavy (non-hydrogen) atoms. The average molecular weight is 300 g/mol. The Balaban J connectivity index is 1.83. The number of thioether (sulfide) groups is 1. The van der Waals surface area contributed by atoms with Gasteiger partial charge in [0.25, 0.3) is 0 Å². The molecule has 0 saturated carbocycles. The molecule has 0 spiro atoms. The lowest BCUT2D eigenvalue weighted by molar-refractivity contribution is 1.13. The minimum atomic E-state index is 1.02. The van der Waals surface area contributed by atoms with Crippen LogP contribution in [-0.2, 0) is 12.2 Å². The van der Waals surface area contributed by atoms with E-state index in [0.717, 1.165) is 22.6 Å². The largest absolute Gasteiger partial charge is 0.337 e. The van der Waals surface area contributed by atoms with Gasteiger partial charge in [-0.05, 0) is 60.9 Å². The second-order valence-corrected chi connectivity index (χ2v) is 7.64. The molecule has 0 bridgehead atoms. The number of nitrogens with one attached hydrogen (secondary N) is 1. The number of thiophene rings is 1. The Kier molecular flexibility index (Phi) is 2.89. The molecule has 2 aromatic heterocycles. The molecule has 4 rings (SSSR count). The third-order valence-corrected chi connectivity index (χ3v) is 6.21. The summed E-state index contributed by atoms with van der Waals surface area (Å²) in [5.74, 6) is 3.44. The van der Waals surface area contributed by atoms with E-state index in [1.807, 2.05) is 23.1 Å². The van der Waals surface area contributed by atoms with Crippen molar-refractivity contribution in [3.63, 3.8) is 0 Å². The summed E-state index contributed by atoms with van der Waals surface area (Å²) in [7, 11) is 0. The number of imidazole rings is 1. The van der Waals surface area contributed by atoms with Crippen molar-refractivity contribution >= 4 is 34.1 Å². The fraction of sp³-hybridized carbons (Fsp3) is 0.312. The van der Waals surface area contributed by atoms with E-state index in [0.29, 0.717) is 0 Å². The van der Waals surface area contributed by atoms with Crippen molar-refractivity contribution in [3.05, 3.63) is 39.8 Å². The van der Waals surface area contributed by atoms with Crippen LogP contribution in [0.1, 0.15) is 21.6 Å². The molecule has 1 aliphatic rings. The van der Waals surface area contributed by atoms with Crippen LogP contribution in [0.3, 0.4) is 0 Å². The second-order valence-electron chi connectivity index (χ2n) is 5.40. The highest BCUT2D eigenvalue weighted by Gasteiger charge is 2.16. The van der Waals surface area contributed by atoms with Gasteiger partial charge in [0.1, 0.15) is 5.82 Å². The third-order valence-electron chi connectivity index (χ3n) is 3.96. The second kappa shape index (κ2) is 4.64.